The lowest BCUT2D eigenvalue weighted by Gasteiger charge is -2.34. The van der Waals surface area contributed by atoms with Crippen LogP contribution in [0.15, 0.2) is 4.99 Å². The lowest BCUT2D eigenvalue weighted by atomic mass is 9.96. The summed E-state index contributed by atoms with van der Waals surface area (Å²) in [4.78, 5) is 4.89. The average molecular weight is 242 g/mol. The van der Waals surface area contributed by atoms with Crippen LogP contribution in [-0.2, 0) is 4.74 Å². The van der Waals surface area contributed by atoms with Crippen molar-refractivity contribution in [3.8, 4) is 0 Å². The third kappa shape index (κ3) is 2.54. The number of hydrogen-bond donors (Lipinski definition) is 1. The fourth-order valence-corrected chi connectivity index (χ4v) is 3.48. The molecule has 2 rings (SSSR count). The van der Waals surface area contributed by atoms with E-state index < -0.39 is 0 Å². The molecule has 0 aromatic heterocycles. The van der Waals surface area contributed by atoms with E-state index in [4.69, 9.17) is 9.73 Å². The Morgan fingerprint density at radius 3 is 2.69 bits per heavy atom. The molecule has 16 heavy (non-hydrogen) atoms. The molecular weight excluding hydrogens is 220 g/mol. The van der Waals surface area contributed by atoms with Crippen LogP contribution in [0.2, 0.25) is 0 Å². The van der Waals surface area contributed by atoms with Gasteiger partial charge in [0.25, 0.3) is 0 Å². The van der Waals surface area contributed by atoms with Crippen LogP contribution in [0.3, 0.4) is 0 Å². The summed E-state index contributed by atoms with van der Waals surface area (Å²) in [5.74, 6) is 1.16. The predicted octanol–water partition coefficient (Wildman–Crippen LogP) is 2.42. The highest BCUT2D eigenvalue weighted by Crippen LogP contribution is 2.31. The molecule has 2 aliphatic rings. The summed E-state index contributed by atoms with van der Waals surface area (Å²) >= 11 is 1.84. The minimum Gasteiger partial charge on any atom is -0.376 e. The fraction of sp³-hybridized carbons (Fsp3) is 0.917. The Morgan fingerprint density at radius 1 is 1.38 bits per heavy atom. The van der Waals surface area contributed by atoms with Crippen molar-refractivity contribution in [2.24, 2.45) is 4.99 Å². The SMILES string of the molecule is CC1OCCC1(C)N=C1NC(C)(C)CCS1. The molecule has 92 valence electrons. The van der Waals surface area contributed by atoms with Gasteiger partial charge in [-0.05, 0) is 40.5 Å². The van der Waals surface area contributed by atoms with Gasteiger partial charge < -0.3 is 10.1 Å². The van der Waals surface area contributed by atoms with Gasteiger partial charge in [0, 0.05) is 17.9 Å². The molecule has 2 heterocycles. The third-order valence-corrected chi connectivity index (χ3v) is 4.49. The maximum absolute atomic E-state index is 5.62. The summed E-state index contributed by atoms with van der Waals surface area (Å²) in [6.45, 7) is 9.62. The van der Waals surface area contributed by atoms with E-state index in [-0.39, 0.29) is 17.2 Å². The van der Waals surface area contributed by atoms with Crippen molar-refractivity contribution in [1.82, 2.24) is 5.32 Å². The predicted molar refractivity (Wildman–Crippen MR) is 70.2 cm³/mol. The minimum absolute atomic E-state index is 0.0389. The summed E-state index contributed by atoms with van der Waals surface area (Å²) in [5.41, 5.74) is 0.145. The average Bonchev–Trinajstić information content (AvgIpc) is 2.45. The van der Waals surface area contributed by atoms with Gasteiger partial charge in [0.15, 0.2) is 5.17 Å². The standard InChI is InChI=1S/C12H22N2OS/c1-9-12(4,5-7-15-9)14-10-13-11(2,3)6-8-16-10/h9H,5-8H2,1-4H3,(H,13,14). The molecule has 0 radical (unpaired) electrons. The highest BCUT2D eigenvalue weighted by atomic mass is 32.2. The van der Waals surface area contributed by atoms with Crippen LogP contribution < -0.4 is 5.32 Å². The zero-order valence-corrected chi connectivity index (χ0v) is 11.5. The van der Waals surface area contributed by atoms with E-state index in [1.54, 1.807) is 0 Å². The molecule has 0 amide bonds. The van der Waals surface area contributed by atoms with Crippen molar-refractivity contribution in [2.45, 2.75) is 57.7 Å². The van der Waals surface area contributed by atoms with Gasteiger partial charge in [0.2, 0.25) is 0 Å². The molecule has 2 unspecified atom stereocenters. The highest BCUT2D eigenvalue weighted by Gasteiger charge is 2.38. The van der Waals surface area contributed by atoms with Gasteiger partial charge >= 0.3 is 0 Å². The quantitative estimate of drug-likeness (QED) is 0.766. The normalized spacial score (nSPS) is 41.0. The van der Waals surface area contributed by atoms with Gasteiger partial charge in [0.1, 0.15) is 0 Å². The second kappa shape index (κ2) is 4.22. The number of aliphatic imine (C=N–C) groups is 1. The summed E-state index contributed by atoms with van der Waals surface area (Å²) in [6, 6.07) is 0. The van der Waals surface area contributed by atoms with E-state index in [1.807, 2.05) is 11.8 Å². The first kappa shape index (κ1) is 12.2. The van der Waals surface area contributed by atoms with Crippen LogP contribution in [0, 0.1) is 0 Å². The Bertz CT molecular complexity index is 303. The van der Waals surface area contributed by atoms with E-state index in [9.17, 15) is 0 Å². The molecule has 0 aromatic rings. The maximum atomic E-state index is 5.62. The number of thioether (sulfide) groups is 1. The summed E-state index contributed by atoms with van der Waals surface area (Å²) in [6.07, 6.45) is 2.45. The Labute approximate surface area is 102 Å². The molecule has 0 bridgehead atoms. The first-order valence-electron chi connectivity index (χ1n) is 6.04. The van der Waals surface area contributed by atoms with Crippen LogP contribution in [0.1, 0.15) is 40.5 Å². The Balaban J connectivity index is 2.11. The Hall–Kier alpha value is -0.220. The number of nitrogens with zero attached hydrogens (tertiary/aromatic N) is 1. The van der Waals surface area contributed by atoms with E-state index in [2.05, 4.69) is 33.0 Å². The second-order valence-electron chi connectivity index (χ2n) is 5.64. The van der Waals surface area contributed by atoms with Gasteiger partial charge in [-0.1, -0.05) is 11.8 Å². The summed E-state index contributed by atoms with van der Waals surface area (Å²) < 4.78 is 5.62. The number of nitrogens with one attached hydrogen (secondary N) is 1. The molecular formula is C12H22N2OS. The Morgan fingerprint density at radius 2 is 2.12 bits per heavy atom. The van der Waals surface area contributed by atoms with E-state index >= 15 is 0 Å². The van der Waals surface area contributed by atoms with Crippen molar-refractivity contribution in [3.05, 3.63) is 0 Å². The Kier molecular flexibility index (Phi) is 3.23. The number of hydrogen-bond acceptors (Lipinski definition) is 3. The topological polar surface area (TPSA) is 33.6 Å². The minimum atomic E-state index is -0.0389. The molecule has 3 nitrogen and oxygen atoms in total. The largest absolute Gasteiger partial charge is 0.376 e. The van der Waals surface area contributed by atoms with Gasteiger partial charge in [-0.25, -0.2) is 0 Å². The molecule has 0 saturated carbocycles. The molecule has 2 atom stereocenters. The van der Waals surface area contributed by atoms with Gasteiger partial charge in [0.05, 0.1) is 11.6 Å². The van der Waals surface area contributed by atoms with Crippen LogP contribution >= 0.6 is 11.8 Å². The molecule has 0 aliphatic carbocycles. The first-order valence-corrected chi connectivity index (χ1v) is 7.02. The van der Waals surface area contributed by atoms with Crippen molar-refractivity contribution in [1.29, 1.82) is 0 Å². The van der Waals surface area contributed by atoms with Crippen LogP contribution in [0.25, 0.3) is 0 Å². The van der Waals surface area contributed by atoms with E-state index in [1.165, 1.54) is 6.42 Å². The molecule has 0 spiro atoms. The lowest BCUT2D eigenvalue weighted by molar-refractivity contribution is 0.101. The van der Waals surface area contributed by atoms with Gasteiger partial charge in [-0.2, -0.15) is 0 Å². The highest BCUT2D eigenvalue weighted by molar-refractivity contribution is 8.13. The zero-order chi connectivity index (χ0) is 11.8. The molecule has 0 aromatic carbocycles. The fourth-order valence-electron chi connectivity index (χ4n) is 2.06. The smallest absolute Gasteiger partial charge is 0.157 e. The van der Waals surface area contributed by atoms with E-state index in [0.29, 0.717) is 0 Å². The monoisotopic (exact) mass is 242 g/mol. The van der Waals surface area contributed by atoms with Crippen molar-refractivity contribution in [3.63, 3.8) is 0 Å². The second-order valence-corrected chi connectivity index (χ2v) is 6.73. The number of amidine groups is 1. The van der Waals surface area contributed by atoms with Crippen LogP contribution in [0.5, 0.6) is 0 Å². The van der Waals surface area contributed by atoms with Crippen molar-refractivity contribution >= 4 is 16.9 Å². The zero-order valence-electron chi connectivity index (χ0n) is 10.7. The van der Waals surface area contributed by atoms with Gasteiger partial charge in [-0.3, -0.25) is 4.99 Å². The third-order valence-electron chi connectivity index (χ3n) is 3.62. The van der Waals surface area contributed by atoms with Crippen molar-refractivity contribution < 1.29 is 4.74 Å². The number of ether oxygens (including phenoxy) is 1. The molecule has 1 N–H and O–H groups in total. The summed E-state index contributed by atoms with van der Waals surface area (Å²) in [5, 5.41) is 4.62. The number of rotatable bonds is 1. The maximum Gasteiger partial charge on any atom is 0.157 e. The summed E-state index contributed by atoms with van der Waals surface area (Å²) in [7, 11) is 0. The molecule has 2 saturated heterocycles. The van der Waals surface area contributed by atoms with E-state index in [0.717, 1.165) is 23.9 Å². The van der Waals surface area contributed by atoms with Gasteiger partial charge in [-0.15, -0.1) is 0 Å². The lowest BCUT2D eigenvalue weighted by Crippen LogP contribution is -2.47. The first-order chi connectivity index (χ1) is 7.41. The molecule has 4 heteroatoms. The molecule has 2 fully saturated rings. The van der Waals surface area contributed by atoms with Crippen LogP contribution in [0.4, 0.5) is 0 Å². The van der Waals surface area contributed by atoms with Crippen molar-refractivity contribution in [2.75, 3.05) is 12.4 Å². The molecule has 2 aliphatic heterocycles. The van der Waals surface area contributed by atoms with Crippen LogP contribution in [-0.4, -0.2) is 34.7 Å².